The number of hydrogen-bond donors (Lipinski definition) is 1. The van der Waals surface area contributed by atoms with Crippen LogP contribution in [0.4, 0.5) is 15.8 Å². The zero-order chi connectivity index (χ0) is 22.6. The highest BCUT2D eigenvalue weighted by atomic mass is 19.1. The van der Waals surface area contributed by atoms with Gasteiger partial charge in [0, 0.05) is 38.1 Å². The summed E-state index contributed by atoms with van der Waals surface area (Å²) in [6.07, 6.45) is 0. The minimum absolute atomic E-state index is 0.0444. The van der Waals surface area contributed by atoms with Gasteiger partial charge in [-0.3, -0.25) is 14.4 Å². The summed E-state index contributed by atoms with van der Waals surface area (Å²) >= 11 is 0. The molecule has 0 saturated carbocycles. The molecular weight excluding hydrogens is 417 g/mol. The van der Waals surface area contributed by atoms with E-state index in [4.69, 9.17) is 0 Å². The Balaban J connectivity index is 1.33. The van der Waals surface area contributed by atoms with Crippen molar-refractivity contribution in [1.82, 2.24) is 14.4 Å². The summed E-state index contributed by atoms with van der Waals surface area (Å²) in [5.74, 6) is -0.402. The number of rotatable bonds is 6. The third-order valence-corrected chi connectivity index (χ3v) is 6.08. The second kappa shape index (κ2) is 9.52. The lowest BCUT2D eigenvalue weighted by Gasteiger charge is -2.35. The first-order valence-corrected chi connectivity index (χ1v) is 11.1. The van der Waals surface area contributed by atoms with Gasteiger partial charge in [-0.2, -0.15) is 0 Å². The highest BCUT2D eigenvalue weighted by Gasteiger charge is 2.21. The van der Waals surface area contributed by atoms with E-state index in [0.29, 0.717) is 12.4 Å². The van der Waals surface area contributed by atoms with Crippen LogP contribution in [0.5, 0.6) is 5.88 Å². The molecule has 0 bridgehead atoms. The van der Waals surface area contributed by atoms with Crippen molar-refractivity contribution < 1.29 is 9.50 Å². The predicted molar refractivity (Wildman–Crippen MR) is 127 cm³/mol. The minimum atomic E-state index is -0.446. The van der Waals surface area contributed by atoms with E-state index < -0.39 is 5.82 Å². The molecular formula is C26H26FN5O. The predicted octanol–water partition coefficient (Wildman–Crippen LogP) is 5.68. The first-order valence-electron chi connectivity index (χ1n) is 11.1. The summed E-state index contributed by atoms with van der Waals surface area (Å²) in [7, 11) is 0. The Morgan fingerprint density at radius 3 is 2.21 bits per heavy atom. The summed E-state index contributed by atoms with van der Waals surface area (Å²) in [4.78, 5) is 4.78. The Hall–Kier alpha value is -3.55. The van der Waals surface area contributed by atoms with E-state index in [1.54, 1.807) is 18.2 Å². The normalized spacial score (nSPS) is 15.5. The van der Waals surface area contributed by atoms with Gasteiger partial charge in [0.1, 0.15) is 5.69 Å². The number of piperazine rings is 1. The van der Waals surface area contributed by atoms with Crippen molar-refractivity contribution in [3.63, 3.8) is 0 Å². The van der Waals surface area contributed by atoms with E-state index in [-0.39, 0.29) is 11.6 Å². The molecule has 5 rings (SSSR count). The third-order valence-electron chi connectivity index (χ3n) is 6.08. The Morgan fingerprint density at radius 2 is 1.42 bits per heavy atom. The Kier molecular flexibility index (Phi) is 6.15. The molecule has 1 N–H and O–H groups in total. The average Bonchev–Trinajstić information content (AvgIpc) is 3.11. The number of benzene rings is 3. The van der Waals surface area contributed by atoms with E-state index in [1.165, 1.54) is 11.6 Å². The zero-order valence-corrected chi connectivity index (χ0v) is 18.3. The summed E-state index contributed by atoms with van der Waals surface area (Å²) in [6.45, 7) is 5.26. The third kappa shape index (κ3) is 4.65. The van der Waals surface area contributed by atoms with Crippen LogP contribution in [0.25, 0.3) is 10.9 Å². The molecule has 0 aliphatic carbocycles. The van der Waals surface area contributed by atoms with Gasteiger partial charge in [0.25, 0.3) is 0 Å². The molecule has 168 valence electrons. The molecule has 3 aromatic carbocycles. The topological polar surface area (TPSA) is 56.4 Å². The molecule has 0 amide bonds. The number of aromatic hydroxyl groups is 1. The smallest absolute Gasteiger partial charge is 0.221 e. The van der Waals surface area contributed by atoms with E-state index >= 15 is 0 Å². The van der Waals surface area contributed by atoms with Crippen LogP contribution in [0.2, 0.25) is 0 Å². The number of azo groups is 1. The van der Waals surface area contributed by atoms with E-state index in [0.717, 1.165) is 43.6 Å². The van der Waals surface area contributed by atoms with Crippen molar-refractivity contribution in [2.75, 3.05) is 26.2 Å². The van der Waals surface area contributed by atoms with Crippen LogP contribution in [0.3, 0.4) is 0 Å². The molecule has 0 spiro atoms. The molecule has 1 aliphatic heterocycles. The number of para-hydroxylation sites is 1. The second-order valence-electron chi connectivity index (χ2n) is 8.29. The number of nitrogens with zero attached hydrogens (tertiary/aromatic N) is 5. The summed E-state index contributed by atoms with van der Waals surface area (Å²) < 4.78 is 15.8. The zero-order valence-electron chi connectivity index (χ0n) is 18.3. The van der Waals surface area contributed by atoms with Gasteiger partial charge in [-0.1, -0.05) is 60.7 Å². The molecule has 1 aliphatic rings. The highest BCUT2D eigenvalue weighted by Crippen LogP contribution is 2.39. The fourth-order valence-corrected chi connectivity index (χ4v) is 4.28. The maximum absolute atomic E-state index is 14.0. The van der Waals surface area contributed by atoms with Crippen molar-refractivity contribution in [2.45, 2.75) is 13.2 Å². The molecule has 2 heterocycles. The van der Waals surface area contributed by atoms with Crippen LogP contribution in [0, 0.1) is 5.82 Å². The maximum Gasteiger partial charge on any atom is 0.221 e. The number of fused-ring (bicyclic) bond motifs is 1. The molecule has 6 nitrogen and oxygen atoms in total. The van der Waals surface area contributed by atoms with Crippen LogP contribution >= 0.6 is 0 Å². The first-order chi connectivity index (χ1) is 16.2. The van der Waals surface area contributed by atoms with Crippen LogP contribution in [0.1, 0.15) is 5.56 Å². The number of hydrogen-bond acceptors (Lipinski definition) is 5. The quantitative estimate of drug-likeness (QED) is 0.390. The van der Waals surface area contributed by atoms with E-state index in [2.05, 4.69) is 44.3 Å². The second-order valence-corrected chi connectivity index (χ2v) is 8.29. The van der Waals surface area contributed by atoms with Gasteiger partial charge in [0.15, 0.2) is 11.5 Å². The van der Waals surface area contributed by atoms with Gasteiger partial charge in [0.05, 0.1) is 12.2 Å². The van der Waals surface area contributed by atoms with Gasteiger partial charge < -0.3 is 5.11 Å². The standard InChI is InChI=1S/C26H26FN5O/c27-22-11-5-6-12-23(22)28-29-25-21-10-4-7-13-24(21)32(26(25)33)19-31-16-14-30(15-17-31)18-20-8-2-1-3-9-20/h1-13,33H,14-19H2. The van der Waals surface area contributed by atoms with Crippen molar-refractivity contribution in [3.05, 3.63) is 90.2 Å². The molecule has 0 atom stereocenters. The van der Waals surface area contributed by atoms with Crippen LogP contribution in [-0.2, 0) is 13.2 Å². The summed E-state index contributed by atoms with van der Waals surface area (Å²) in [6, 6.07) is 24.4. The van der Waals surface area contributed by atoms with Crippen molar-refractivity contribution in [3.8, 4) is 5.88 Å². The van der Waals surface area contributed by atoms with Crippen molar-refractivity contribution >= 4 is 22.3 Å². The first kappa shape index (κ1) is 21.3. The van der Waals surface area contributed by atoms with Crippen molar-refractivity contribution in [2.24, 2.45) is 10.2 Å². The monoisotopic (exact) mass is 443 g/mol. The number of halogens is 1. The lowest BCUT2D eigenvalue weighted by Crippen LogP contribution is -2.46. The molecule has 7 heteroatoms. The fourth-order valence-electron chi connectivity index (χ4n) is 4.28. The molecule has 1 saturated heterocycles. The molecule has 33 heavy (non-hydrogen) atoms. The molecule has 0 unspecified atom stereocenters. The van der Waals surface area contributed by atoms with Gasteiger partial charge in [-0.05, 0) is 23.8 Å². The lowest BCUT2D eigenvalue weighted by atomic mass is 10.2. The Morgan fingerprint density at radius 1 is 0.758 bits per heavy atom. The Bertz CT molecular complexity index is 1260. The SMILES string of the molecule is Oc1c(N=Nc2ccccc2F)c2ccccc2n1CN1CCN(Cc2ccccc2)CC1. The van der Waals surface area contributed by atoms with Gasteiger partial charge in [-0.25, -0.2) is 4.39 Å². The summed E-state index contributed by atoms with van der Waals surface area (Å²) in [5.41, 5.74) is 2.70. The molecule has 4 aromatic rings. The maximum atomic E-state index is 14.0. The van der Waals surface area contributed by atoms with Gasteiger partial charge >= 0.3 is 0 Å². The largest absolute Gasteiger partial charge is 0.493 e. The van der Waals surface area contributed by atoms with Crippen molar-refractivity contribution in [1.29, 1.82) is 0 Å². The Labute approximate surface area is 192 Å². The lowest BCUT2D eigenvalue weighted by molar-refractivity contribution is 0.102. The van der Waals surface area contributed by atoms with Gasteiger partial charge in [-0.15, -0.1) is 10.2 Å². The molecule has 0 radical (unpaired) electrons. The van der Waals surface area contributed by atoms with Gasteiger partial charge in [0.2, 0.25) is 5.88 Å². The molecule has 1 aromatic heterocycles. The van der Waals surface area contributed by atoms with Crippen LogP contribution in [-0.4, -0.2) is 45.7 Å². The van der Waals surface area contributed by atoms with Crippen LogP contribution in [0.15, 0.2) is 89.1 Å². The summed E-state index contributed by atoms with van der Waals surface area (Å²) in [5, 5.41) is 20.1. The average molecular weight is 444 g/mol. The number of aromatic nitrogens is 1. The van der Waals surface area contributed by atoms with Crippen LogP contribution < -0.4 is 0 Å². The molecule has 1 fully saturated rings. The van der Waals surface area contributed by atoms with E-state index in [9.17, 15) is 9.50 Å². The fraction of sp³-hybridized carbons (Fsp3) is 0.231. The minimum Gasteiger partial charge on any atom is -0.493 e. The highest BCUT2D eigenvalue weighted by molar-refractivity contribution is 5.95. The van der Waals surface area contributed by atoms with E-state index in [1.807, 2.05) is 34.9 Å².